The first-order valence-electron chi connectivity index (χ1n) is 9.48. The number of aromatic nitrogens is 1. The van der Waals surface area contributed by atoms with E-state index in [1.165, 1.54) is 0 Å². The molecule has 3 aromatic carbocycles. The van der Waals surface area contributed by atoms with Gasteiger partial charge in [0.15, 0.2) is 17.1 Å². The van der Waals surface area contributed by atoms with Crippen molar-refractivity contribution in [1.82, 2.24) is 4.98 Å². The molecule has 0 aliphatic carbocycles. The molecule has 0 radical (unpaired) electrons. The van der Waals surface area contributed by atoms with Gasteiger partial charge in [-0.05, 0) is 49.7 Å². The van der Waals surface area contributed by atoms with Crippen LogP contribution in [0.1, 0.15) is 25.3 Å². The average molecular weight is 386 g/mol. The topological polar surface area (TPSA) is 64.4 Å². The quantitative estimate of drug-likeness (QED) is 0.494. The summed E-state index contributed by atoms with van der Waals surface area (Å²) in [7, 11) is 0. The van der Waals surface area contributed by atoms with E-state index in [-0.39, 0.29) is 5.91 Å². The molecule has 1 N–H and O–H groups in total. The molecule has 5 heteroatoms. The summed E-state index contributed by atoms with van der Waals surface area (Å²) in [6.45, 7) is 3.48. The number of fused-ring (bicyclic) bond motifs is 1. The van der Waals surface area contributed by atoms with Gasteiger partial charge < -0.3 is 14.5 Å². The Morgan fingerprint density at radius 1 is 1.00 bits per heavy atom. The number of nitrogens with zero attached hydrogens (tertiary/aromatic N) is 1. The zero-order valence-corrected chi connectivity index (χ0v) is 16.4. The van der Waals surface area contributed by atoms with Crippen molar-refractivity contribution in [1.29, 1.82) is 0 Å². The summed E-state index contributed by atoms with van der Waals surface area (Å²) < 4.78 is 11.7. The molecule has 4 rings (SSSR count). The van der Waals surface area contributed by atoms with Gasteiger partial charge in [0.05, 0.1) is 0 Å². The molecule has 0 unspecified atom stereocenters. The molecule has 1 amide bonds. The first-order valence-corrected chi connectivity index (χ1v) is 9.48. The van der Waals surface area contributed by atoms with Crippen LogP contribution in [0.4, 0.5) is 5.69 Å². The second-order valence-electron chi connectivity index (χ2n) is 7.33. The molecule has 0 saturated carbocycles. The Morgan fingerprint density at radius 3 is 2.41 bits per heavy atom. The summed E-state index contributed by atoms with van der Waals surface area (Å²) in [6.07, 6.45) is 0.620. The lowest BCUT2D eigenvalue weighted by Gasteiger charge is -2.25. The number of hydrogen-bond acceptors (Lipinski definition) is 4. The van der Waals surface area contributed by atoms with E-state index < -0.39 is 5.60 Å². The van der Waals surface area contributed by atoms with Gasteiger partial charge in [0.1, 0.15) is 11.3 Å². The molecule has 0 spiro atoms. The zero-order valence-electron chi connectivity index (χ0n) is 16.4. The standard InChI is InChI=1S/C24H22N2O3/c1-24(2,29-19-11-7-4-8-12-19)23(27)25-18-13-14-21-20(16-18)26-22(28-21)15-17-9-5-3-6-10-17/h3-14,16H,15H2,1-2H3,(H,25,27). The Morgan fingerprint density at radius 2 is 1.69 bits per heavy atom. The fourth-order valence-corrected chi connectivity index (χ4v) is 3.01. The number of carbonyl (C=O) groups is 1. The first-order chi connectivity index (χ1) is 14.0. The van der Waals surface area contributed by atoms with E-state index in [1.807, 2.05) is 72.8 Å². The highest BCUT2D eigenvalue weighted by atomic mass is 16.5. The van der Waals surface area contributed by atoms with Gasteiger partial charge in [-0.2, -0.15) is 0 Å². The van der Waals surface area contributed by atoms with Crippen molar-refractivity contribution in [3.8, 4) is 5.75 Å². The SMILES string of the molecule is CC(C)(Oc1ccccc1)C(=O)Nc1ccc2oc(Cc3ccccc3)nc2c1. The van der Waals surface area contributed by atoms with Crippen LogP contribution in [0.25, 0.3) is 11.1 Å². The smallest absolute Gasteiger partial charge is 0.267 e. The van der Waals surface area contributed by atoms with Gasteiger partial charge in [-0.15, -0.1) is 0 Å². The maximum absolute atomic E-state index is 12.7. The number of amides is 1. The van der Waals surface area contributed by atoms with Crippen LogP contribution in [0.2, 0.25) is 0 Å². The van der Waals surface area contributed by atoms with Crippen molar-refractivity contribution in [2.75, 3.05) is 5.32 Å². The third kappa shape index (κ3) is 4.46. The lowest BCUT2D eigenvalue weighted by molar-refractivity contribution is -0.128. The van der Waals surface area contributed by atoms with Crippen LogP contribution in [-0.2, 0) is 11.2 Å². The fraction of sp³-hybridized carbons (Fsp3) is 0.167. The summed E-state index contributed by atoms with van der Waals surface area (Å²) in [6, 6.07) is 24.8. The normalized spacial score (nSPS) is 11.4. The highest BCUT2D eigenvalue weighted by Gasteiger charge is 2.30. The number of oxazole rings is 1. The number of carbonyl (C=O) groups excluding carboxylic acids is 1. The number of benzene rings is 3. The summed E-state index contributed by atoms with van der Waals surface area (Å²) in [5.41, 5.74) is 2.14. The van der Waals surface area contributed by atoms with Crippen molar-refractivity contribution in [3.05, 3.63) is 90.3 Å². The van der Waals surface area contributed by atoms with E-state index in [9.17, 15) is 4.79 Å². The Bertz CT molecular complexity index is 1120. The van der Waals surface area contributed by atoms with Crippen LogP contribution in [0.15, 0.2) is 83.3 Å². The second kappa shape index (κ2) is 7.80. The van der Waals surface area contributed by atoms with E-state index >= 15 is 0 Å². The maximum atomic E-state index is 12.7. The number of ether oxygens (including phenoxy) is 1. The monoisotopic (exact) mass is 386 g/mol. The minimum Gasteiger partial charge on any atom is -0.478 e. The highest BCUT2D eigenvalue weighted by molar-refractivity contribution is 5.98. The van der Waals surface area contributed by atoms with E-state index in [2.05, 4.69) is 10.3 Å². The molecule has 146 valence electrons. The second-order valence-corrected chi connectivity index (χ2v) is 7.33. The molecule has 4 aromatic rings. The van der Waals surface area contributed by atoms with E-state index in [1.54, 1.807) is 19.9 Å². The van der Waals surface area contributed by atoms with E-state index in [4.69, 9.17) is 9.15 Å². The lowest BCUT2D eigenvalue weighted by atomic mass is 10.1. The first kappa shape index (κ1) is 18.7. The number of hydrogen-bond donors (Lipinski definition) is 1. The third-order valence-corrected chi connectivity index (χ3v) is 4.55. The van der Waals surface area contributed by atoms with Crippen LogP contribution in [-0.4, -0.2) is 16.5 Å². The van der Waals surface area contributed by atoms with Crippen LogP contribution in [0, 0.1) is 0 Å². The van der Waals surface area contributed by atoms with Crippen molar-refractivity contribution < 1.29 is 13.9 Å². The van der Waals surface area contributed by atoms with Gasteiger partial charge >= 0.3 is 0 Å². The highest BCUT2D eigenvalue weighted by Crippen LogP contribution is 2.24. The number of rotatable bonds is 6. The average Bonchev–Trinajstić information content (AvgIpc) is 3.10. The molecule has 1 aromatic heterocycles. The van der Waals surface area contributed by atoms with E-state index in [0.717, 1.165) is 5.56 Å². The molecule has 5 nitrogen and oxygen atoms in total. The van der Waals surface area contributed by atoms with Gasteiger partial charge in [-0.1, -0.05) is 48.5 Å². The number of para-hydroxylation sites is 1. The minimum atomic E-state index is -1.03. The van der Waals surface area contributed by atoms with Gasteiger partial charge in [0.2, 0.25) is 0 Å². The minimum absolute atomic E-state index is 0.242. The van der Waals surface area contributed by atoms with Crippen LogP contribution < -0.4 is 10.1 Å². The molecule has 0 bridgehead atoms. The Labute approximate surface area is 169 Å². The molecular weight excluding hydrogens is 364 g/mol. The maximum Gasteiger partial charge on any atom is 0.267 e. The largest absolute Gasteiger partial charge is 0.478 e. The summed E-state index contributed by atoms with van der Waals surface area (Å²) in [5, 5.41) is 2.91. The Kier molecular flexibility index (Phi) is 5.04. The van der Waals surface area contributed by atoms with E-state index in [0.29, 0.717) is 34.8 Å². The summed E-state index contributed by atoms with van der Waals surface area (Å²) in [4.78, 5) is 17.3. The number of anilines is 1. The van der Waals surface area contributed by atoms with Crippen LogP contribution in [0.5, 0.6) is 5.75 Å². The molecular formula is C24H22N2O3. The van der Waals surface area contributed by atoms with Crippen molar-refractivity contribution in [2.45, 2.75) is 25.9 Å². The molecule has 29 heavy (non-hydrogen) atoms. The van der Waals surface area contributed by atoms with Crippen molar-refractivity contribution >= 4 is 22.7 Å². The molecule has 0 atom stereocenters. The van der Waals surface area contributed by atoms with Gasteiger partial charge in [-0.3, -0.25) is 4.79 Å². The Balaban J connectivity index is 1.48. The summed E-state index contributed by atoms with van der Waals surface area (Å²) in [5.74, 6) is 1.04. The molecule has 0 aliphatic rings. The predicted octanol–water partition coefficient (Wildman–Crippen LogP) is 5.21. The third-order valence-electron chi connectivity index (χ3n) is 4.55. The van der Waals surface area contributed by atoms with Gasteiger partial charge in [0.25, 0.3) is 5.91 Å². The fourth-order valence-electron chi connectivity index (χ4n) is 3.01. The summed E-state index contributed by atoms with van der Waals surface area (Å²) >= 11 is 0. The zero-order chi connectivity index (χ0) is 20.3. The Hall–Kier alpha value is -3.60. The molecule has 0 aliphatic heterocycles. The van der Waals surface area contributed by atoms with Crippen LogP contribution >= 0.6 is 0 Å². The number of nitrogens with one attached hydrogen (secondary N) is 1. The molecule has 0 fully saturated rings. The van der Waals surface area contributed by atoms with Crippen LogP contribution in [0.3, 0.4) is 0 Å². The van der Waals surface area contributed by atoms with Gasteiger partial charge in [0, 0.05) is 12.1 Å². The van der Waals surface area contributed by atoms with Crippen molar-refractivity contribution in [3.63, 3.8) is 0 Å². The predicted molar refractivity (Wildman–Crippen MR) is 113 cm³/mol. The molecule has 0 saturated heterocycles. The molecule has 1 heterocycles. The van der Waals surface area contributed by atoms with Crippen molar-refractivity contribution in [2.24, 2.45) is 0 Å². The lowest BCUT2D eigenvalue weighted by Crippen LogP contribution is -2.42. The van der Waals surface area contributed by atoms with Gasteiger partial charge in [-0.25, -0.2) is 4.98 Å².